The van der Waals surface area contributed by atoms with Gasteiger partial charge in [0, 0.05) is 29.9 Å². The van der Waals surface area contributed by atoms with Gasteiger partial charge in [-0.25, -0.2) is 4.79 Å². The molecule has 0 atom stereocenters. The average molecular weight is 355 g/mol. The molecule has 128 valence electrons. The minimum absolute atomic E-state index is 0.0176. The molecule has 0 saturated carbocycles. The third-order valence-electron chi connectivity index (χ3n) is 3.82. The third kappa shape index (κ3) is 4.33. The molecule has 0 bridgehead atoms. The average Bonchev–Trinajstić information content (AvgIpc) is 3.03. The fourth-order valence-electron chi connectivity index (χ4n) is 2.56. The number of amides is 2. The second-order valence-electron chi connectivity index (χ2n) is 5.54. The first-order valence-electron chi connectivity index (χ1n) is 7.83. The van der Waals surface area contributed by atoms with Crippen LogP contribution in [0.3, 0.4) is 0 Å². The molecule has 0 aliphatic carbocycles. The minimum Gasteiger partial charge on any atom is -0.338 e. The monoisotopic (exact) mass is 355 g/mol. The van der Waals surface area contributed by atoms with E-state index in [1.807, 2.05) is 12.1 Å². The zero-order valence-corrected chi connectivity index (χ0v) is 14.2. The summed E-state index contributed by atoms with van der Waals surface area (Å²) in [4.78, 5) is 22.2. The summed E-state index contributed by atoms with van der Waals surface area (Å²) in [7, 11) is 0. The van der Waals surface area contributed by atoms with E-state index < -0.39 is 4.92 Å². The first-order chi connectivity index (χ1) is 12.1. The molecular formula is C18H17N3O3S. The summed E-state index contributed by atoms with van der Waals surface area (Å²) in [6.07, 6.45) is 0.758. The number of non-ortho nitro benzene ring substituents is 1. The summed E-state index contributed by atoms with van der Waals surface area (Å²) in [5, 5.41) is 19.6. The molecule has 1 heterocycles. The van der Waals surface area contributed by atoms with E-state index in [0.717, 1.165) is 6.42 Å². The standard InChI is InChI=1S/C18H17N3O3S/c22-18(20-11-13-4-3-5-15(10-13)21(23)24)19-9-8-14-12-25-17-7-2-1-6-16(14)17/h1-7,10,12H,8-9,11H2,(H2,19,20,22). The van der Waals surface area contributed by atoms with Crippen LogP contribution in [0, 0.1) is 10.1 Å². The number of hydrogen-bond donors (Lipinski definition) is 2. The fourth-order valence-corrected chi connectivity index (χ4v) is 3.56. The van der Waals surface area contributed by atoms with E-state index in [9.17, 15) is 14.9 Å². The highest BCUT2D eigenvalue weighted by Crippen LogP contribution is 2.25. The lowest BCUT2D eigenvalue weighted by molar-refractivity contribution is -0.384. The lowest BCUT2D eigenvalue weighted by atomic mass is 10.1. The van der Waals surface area contributed by atoms with E-state index in [4.69, 9.17) is 0 Å². The molecule has 0 saturated heterocycles. The van der Waals surface area contributed by atoms with Gasteiger partial charge in [0.1, 0.15) is 0 Å². The first kappa shape index (κ1) is 16.9. The Morgan fingerprint density at radius 2 is 1.96 bits per heavy atom. The van der Waals surface area contributed by atoms with Crippen LogP contribution in [0.1, 0.15) is 11.1 Å². The van der Waals surface area contributed by atoms with Crippen molar-refractivity contribution < 1.29 is 9.72 Å². The minimum atomic E-state index is -0.450. The molecule has 25 heavy (non-hydrogen) atoms. The highest BCUT2D eigenvalue weighted by atomic mass is 32.1. The van der Waals surface area contributed by atoms with Crippen molar-refractivity contribution in [2.45, 2.75) is 13.0 Å². The van der Waals surface area contributed by atoms with Crippen LogP contribution in [0.2, 0.25) is 0 Å². The normalized spacial score (nSPS) is 10.6. The number of benzene rings is 2. The lowest BCUT2D eigenvalue weighted by Crippen LogP contribution is -2.36. The van der Waals surface area contributed by atoms with Crippen LogP contribution >= 0.6 is 11.3 Å². The van der Waals surface area contributed by atoms with E-state index in [1.165, 1.54) is 27.8 Å². The predicted molar refractivity (Wildman–Crippen MR) is 98.9 cm³/mol. The van der Waals surface area contributed by atoms with Gasteiger partial charge >= 0.3 is 6.03 Å². The van der Waals surface area contributed by atoms with Gasteiger partial charge in [0.2, 0.25) is 0 Å². The molecule has 0 spiro atoms. The fraction of sp³-hybridized carbons (Fsp3) is 0.167. The van der Waals surface area contributed by atoms with Crippen LogP contribution in [-0.2, 0) is 13.0 Å². The Labute approximate surface area is 148 Å². The Morgan fingerprint density at radius 3 is 2.80 bits per heavy atom. The van der Waals surface area contributed by atoms with Gasteiger partial charge in [0.25, 0.3) is 5.69 Å². The number of hydrogen-bond acceptors (Lipinski definition) is 4. The molecule has 0 radical (unpaired) electrons. The molecule has 6 nitrogen and oxygen atoms in total. The van der Waals surface area contributed by atoms with Crippen molar-refractivity contribution in [2.24, 2.45) is 0 Å². The van der Waals surface area contributed by atoms with Gasteiger partial charge in [-0.15, -0.1) is 11.3 Å². The number of nitro benzene ring substituents is 1. The van der Waals surface area contributed by atoms with Gasteiger partial charge < -0.3 is 10.6 Å². The predicted octanol–water partition coefficient (Wildman–Crippen LogP) is 3.85. The number of carbonyl (C=O) groups excluding carboxylic acids is 1. The molecule has 7 heteroatoms. The number of nitrogens with zero attached hydrogens (tertiary/aromatic N) is 1. The van der Waals surface area contributed by atoms with Crippen molar-refractivity contribution in [3.8, 4) is 0 Å². The summed E-state index contributed by atoms with van der Waals surface area (Å²) in [6.45, 7) is 0.774. The number of fused-ring (bicyclic) bond motifs is 1. The quantitative estimate of drug-likeness (QED) is 0.520. The van der Waals surface area contributed by atoms with Crippen LogP contribution in [0.4, 0.5) is 10.5 Å². The van der Waals surface area contributed by atoms with E-state index in [2.05, 4.69) is 28.1 Å². The largest absolute Gasteiger partial charge is 0.338 e. The third-order valence-corrected chi connectivity index (χ3v) is 4.83. The second kappa shape index (κ2) is 7.76. The molecule has 3 rings (SSSR count). The number of rotatable bonds is 6. The highest BCUT2D eigenvalue weighted by molar-refractivity contribution is 7.17. The van der Waals surface area contributed by atoms with Crippen LogP contribution in [-0.4, -0.2) is 17.5 Å². The zero-order chi connectivity index (χ0) is 17.6. The van der Waals surface area contributed by atoms with E-state index in [1.54, 1.807) is 23.5 Å². The molecule has 2 amide bonds. The molecule has 0 aliphatic rings. The maximum Gasteiger partial charge on any atom is 0.315 e. The summed E-state index contributed by atoms with van der Waals surface area (Å²) >= 11 is 1.70. The Bertz CT molecular complexity index is 907. The Hall–Kier alpha value is -2.93. The maximum absolute atomic E-state index is 11.9. The van der Waals surface area contributed by atoms with Crippen LogP contribution in [0.15, 0.2) is 53.9 Å². The number of thiophene rings is 1. The van der Waals surface area contributed by atoms with Gasteiger partial charge in [-0.05, 0) is 34.4 Å². The molecule has 3 aromatic rings. The lowest BCUT2D eigenvalue weighted by Gasteiger charge is -2.07. The topological polar surface area (TPSA) is 84.3 Å². The maximum atomic E-state index is 11.9. The molecule has 0 aliphatic heterocycles. The molecule has 2 N–H and O–H groups in total. The van der Waals surface area contributed by atoms with Crippen molar-refractivity contribution >= 4 is 33.1 Å². The Morgan fingerprint density at radius 1 is 1.12 bits per heavy atom. The smallest absolute Gasteiger partial charge is 0.315 e. The Balaban J connectivity index is 1.47. The first-order valence-corrected chi connectivity index (χ1v) is 8.71. The summed E-state index contributed by atoms with van der Waals surface area (Å²) in [6, 6.07) is 14.1. The van der Waals surface area contributed by atoms with E-state index >= 15 is 0 Å². The van der Waals surface area contributed by atoms with Crippen molar-refractivity contribution in [3.63, 3.8) is 0 Å². The van der Waals surface area contributed by atoms with Gasteiger partial charge in [-0.3, -0.25) is 10.1 Å². The van der Waals surface area contributed by atoms with Gasteiger partial charge in [-0.1, -0.05) is 30.3 Å². The van der Waals surface area contributed by atoms with Crippen molar-refractivity contribution in [3.05, 3.63) is 75.2 Å². The van der Waals surface area contributed by atoms with Crippen LogP contribution in [0.25, 0.3) is 10.1 Å². The van der Waals surface area contributed by atoms with Crippen molar-refractivity contribution in [1.29, 1.82) is 0 Å². The van der Waals surface area contributed by atoms with E-state index in [0.29, 0.717) is 12.1 Å². The number of nitro groups is 1. The van der Waals surface area contributed by atoms with Crippen molar-refractivity contribution in [2.75, 3.05) is 6.54 Å². The molecule has 0 fully saturated rings. The highest BCUT2D eigenvalue weighted by Gasteiger charge is 2.07. The van der Waals surface area contributed by atoms with Crippen LogP contribution in [0.5, 0.6) is 0 Å². The Kier molecular flexibility index (Phi) is 5.25. The van der Waals surface area contributed by atoms with Gasteiger partial charge in [-0.2, -0.15) is 0 Å². The zero-order valence-electron chi connectivity index (χ0n) is 13.4. The number of nitrogens with one attached hydrogen (secondary N) is 2. The molecule has 2 aromatic carbocycles. The van der Waals surface area contributed by atoms with Crippen LogP contribution < -0.4 is 10.6 Å². The summed E-state index contributed by atoms with van der Waals surface area (Å²) in [5.41, 5.74) is 1.93. The SMILES string of the molecule is O=C(NCCc1csc2ccccc12)NCc1cccc([N+](=O)[O-])c1. The molecular weight excluding hydrogens is 338 g/mol. The number of urea groups is 1. The molecule has 1 aromatic heterocycles. The van der Waals surface area contributed by atoms with Crippen molar-refractivity contribution in [1.82, 2.24) is 10.6 Å². The molecule has 0 unspecified atom stereocenters. The van der Waals surface area contributed by atoms with Gasteiger partial charge in [0.05, 0.1) is 4.92 Å². The number of carbonyl (C=O) groups is 1. The summed E-state index contributed by atoms with van der Waals surface area (Å²) in [5.74, 6) is 0. The summed E-state index contributed by atoms with van der Waals surface area (Å²) < 4.78 is 1.24. The van der Waals surface area contributed by atoms with E-state index in [-0.39, 0.29) is 18.3 Å². The second-order valence-corrected chi connectivity index (χ2v) is 6.45. The van der Waals surface area contributed by atoms with Gasteiger partial charge in [0.15, 0.2) is 0 Å².